The third-order valence-electron chi connectivity index (χ3n) is 4.28. The van der Waals surface area contributed by atoms with E-state index in [1.54, 1.807) is 0 Å². The minimum atomic E-state index is -0.684. The van der Waals surface area contributed by atoms with Crippen LogP contribution >= 0.6 is 0 Å². The van der Waals surface area contributed by atoms with E-state index in [-0.39, 0.29) is 11.3 Å². The molecule has 2 atom stereocenters. The van der Waals surface area contributed by atoms with E-state index in [2.05, 4.69) is 32.0 Å². The van der Waals surface area contributed by atoms with Crippen molar-refractivity contribution in [3.8, 4) is 0 Å². The highest BCUT2D eigenvalue weighted by Crippen LogP contribution is 2.42. The minimum absolute atomic E-state index is 0.124. The lowest BCUT2D eigenvalue weighted by atomic mass is 9.75. The average Bonchev–Trinajstić information content (AvgIpc) is 2.64. The summed E-state index contributed by atoms with van der Waals surface area (Å²) in [6.45, 7) is 6.07. The monoisotopic (exact) mass is 232 g/mol. The highest BCUT2D eigenvalue weighted by atomic mass is 16.4. The van der Waals surface area contributed by atoms with E-state index in [1.165, 1.54) is 16.7 Å². The van der Waals surface area contributed by atoms with Crippen LogP contribution in [-0.4, -0.2) is 11.1 Å². The number of carboxylic acids is 1. The summed E-state index contributed by atoms with van der Waals surface area (Å²) in [5, 5.41) is 9.19. The number of benzene rings is 1. The fraction of sp³-hybridized carbons (Fsp3) is 0.533. The van der Waals surface area contributed by atoms with Crippen LogP contribution in [-0.2, 0) is 24.1 Å². The number of aryl methyl sites for hydroxylation is 1. The second-order valence-corrected chi connectivity index (χ2v) is 5.52. The molecule has 1 aromatic carbocycles. The predicted molar refractivity (Wildman–Crippen MR) is 68.1 cm³/mol. The van der Waals surface area contributed by atoms with Crippen LogP contribution in [0.2, 0.25) is 0 Å². The van der Waals surface area contributed by atoms with Crippen molar-refractivity contribution >= 4 is 5.97 Å². The second-order valence-electron chi connectivity index (χ2n) is 5.52. The lowest BCUT2D eigenvalue weighted by molar-refractivity contribution is -0.145. The Morgan fingerprint density at radius 1 is 1.41 bits per heavy atom. The number of aliphatic carboxylic acids is 1. The van der Waals surface area contributed by atoms with Crippen molar-refractivity contribution in [3.05, 3.63) is 34.9 Å². The largest absolute Gasteiger partial charge is 0.481 e. The van der Waals surface area contributed by atoms with Gasteiger partial charge in [-0.3, -0.25) is 4.79 Å². The van der Waals surface area contributed by atoms with Crippen LogP contribution in [0.3, 0.4) is 0 Å². The highest BCUT2D eigenvalue weighted by Gasteiger charge is 2.40. The molecule has 0 saturated carbocycles. The Morgan fingerprint density at radius 3 is 2.65 bits per heavy atom. The number of rotatable bonds is 3. The van der Waals surface area contributed by atoms with E-state index in [9.17, 15) is 9.90 Å². The van der Waals surface area contributed by atoms with Crippen LogP contribution in [0.5, 0.6) is 0 Å². The van der Waals surface area contributed by atoms with Crippen molar-refractivity contribution in [2.75, 3.05) is 0 Å². The Labute approximate surface area is 103 Å². The van der Waals surface area contributed by atoms with E-state index in [0.29, 0.717) is 0 Å². The fourth-order valence-corrected chi connectivity index (χ4v) is 2.77. The second kappa shape index (κ2) is 4.17. The van der Waals surface area contributed by atoms with Crippen molar-refractivity contribution in [1.82, 2.24) is 0 Å². The Bertz CT molecular complexity index is 450. The summed E-state index contributed by atoms with van der Waals surface area (Å²) in [5.74, 6) is -0.976. The molecule has 2 rings (SSSR count). The molecule has 0 heterocycles. The lowest BCUT2D eigenvalue weighted by Gasteiger charge is -2.28. The van der Waals surface area contributed by atoms with Gasteiger partial charge < -0.3 is 5.11 Å². The molecule has 0 aliphatic heterocycles. The molecule has 0 spiro atoms. The van der Waals surface area contributed by atoms with Crippen molar-refractivity contribution < 1.29 is 9.90 Å². The molecule has 17 heavy (non-hydrogen) atoms. The van der Waals surface area contributed by atoms with E-state index in [1.807, 2.05) is 6.92 Å². The zero-order chi connectivity index (χ0) is 12.6. The minimum Gasteiger partial charge on any atom is -0.481 e. The van der Waals surface area contributed by atoms with Crippen molar-refractivity contribution in [2.45, 2.75) is 40.0 Å². The predicted octanol–water partition coefficient (Wildman–Crippen LogP) is 3.07. The van der Waals surface area contributed by atoms with Crippen molar-refractivity contribution in [3.63, 3.8) is 0 Å². The summed E-state index contributed by atoms with van der Waals surface area (Å²) in [6.07, 6.45) is 2.82. The van der Waals surface area contributed by atoms with Gasteiger partial charge in [-0.05, 0) is 41.4 Å². The Kier molecular flexibility index (Phi) is 2.98. The van der Waals surface area contributed by atoms with Gasteiger partial charge in [-0.15, -0.1) is 0 Å². The normalized spacial score (nSPS) is 24.4. The van der Waals surface area contributed by atoms with E-state index >= 15 is 0 Å². The molecule has 2 nitrogen and oxygen atoms in total. The van der Waals surface area contributed by atoms with Gasteiger partial charge in [0.15, 0.2) is 0 Å². The maximum Gasteiger partial charge on any atom is 0.306 e. The summed E-state index contributed by atoms with van der Waals surface area (Å²) in [7, 11) is 0. The van der Waals surface area contributed by atoms with Gasteiger partial charge in [0.05, 0.1) is 5.92 Å². The standard InChI is InChI=1S/C15H20O2/c1-4-11-5-6-12-8-15(3,9-13(12)7-11)10(2)14(16)17/h5-7,10H,4,8-9H2,1-3H3,(H,16,17). The Hall–Kier alpha value is -1.31. The van der Waals surface area contributed by atoms with E-state index in [0.717, 1.165) is 19.3 Å². The molecule has 2 unspecified atom stereocenters. The number of hydrogen-bond acceptors (Lipinski definition) is 1. The molecule has 1 aliphatic carbocycles. The first-order chi connectivity index (χ1) is 7.96. The van der Waals surface area contributed by atoms with Crippen LogP contribution < -0.4 is 0 Å². The first-order valence-electron chi connectivity index (χ1n) is 6.30. The van der Waals surface area contributed by atoms with Crippen LogP contribution in [0.15, 0.2) is 18.2 Å². The van der Waals surface area contributed by atoms with Gasteiger partial charge in [0.25, 0.3) is 0 Å². The van der Waals surface area contributed by atoms with E-state index in [4.69, 9.17) is 0 Å². The summed E-state index contributed by atoms with van der Waals surface area (Å²) < 4.78 is 0. The first-order valence-corrected chi connectivity index (χ1v) is 6.30. The molecular weight excluding hydrogens is 212 g/mol. The Morgan fingerprint density at radius 2 is 2.06 bits per heavy atom. The van der Waals surface area contributed by atoms with Gasteiger partial charge >= 0.3 is 5.97 Å². The van der Waals surface area contributed by atoms with E-state index < -0.39 is 5.97 Å². The number of carbonyl (C=O) groups is 1. The number of hydrogen-bond donors (Lipinski definition) is 1. The van der Waals surface area contributed by atoms with Crippen LogP contribution in [0.4, 0.5) is 0 Å². The van der Waals surface area contributed by atoms with Gasteiger partial charge in [0.1, 0.15) is 0 Å². The van der Waals surface area contributed by atoms with Gasteiger partial charge in [-0.25, -0.2) is 0 Å². The van der Waals surface area contributed by atoms with Crippen LogP contribution in [0.1, 0.15) is 37.5 Å². The molecule has 1 N–H and O–H groups in total. The maximum atomic E-state index is 11.2. The lowest BCUT2D eigenvalue weighted by Crippen LogP contribution is -2.31. The zero-order valence-corrected chi connectivity index (χ0v) is 10.8. The van der Waals surface area contributed by atoms with Gasteiger partial charge in [-0.2, -0.15) is 0 Å². The molecule has 2 heteroatoms. The van der Waals surface area contributed by atoms with Gasteiger partial charge in [0.2, 0.25) is 0 Å². The fourth-order valence-electron chi connectivity index (χ4n) is 2.77. The summed E-state index contributed by atoms with van der Waals surface area (Å²) >= 11 is 0. The van der Waals surface area contributed by atoms with Gasteiger partial charge in [-0.1, -0.05) is 39.0 Å². The average molecular weight is 232 g/mol. The summed E-state index contributed by atoms with van der Waals surface area (Å²) in [5.41, 5.74) is 3.90. The third-order valence-corrected chi connectivity index (χ3v) is 4.28. The molecule has 0 bridgehead atoms. The molecule has 0 amide bonds. The molecule has 0 radical (unpaired) electrons. The molecule has 92 valence electrons. The molecule has 0 aromatic heterocycles. The van der Waals surface area contributed by atoms with Crippen LogP contribution in [0.25, 0.3) is 0 Å². The van der Waals surface area contributed by atoms with Crippen LogP contribution in [0, 0.1) is 11.3 Å². The Balaban J connectivity index is 2.29. The molecule has 0 saturated heterocycles. The molecule has 1 aliphatic rings. The first kappa shape index (κ1) is 12.2. The molecule has 1 aromatic rings. The zero-order valence-electron chi connectivity index (χ0n) is 10.8. The number of carboxylic acid groups (broad SMARTS) is 1. The SMILES string of the molecule is CCc1ccc2c(c1)CC(C)(C(C)C(=O)O)C2. The van der Waals surface area contributed by atoms with Crippen molar-refractivity contribution in [1.29, 1.82) is 0 Å². The molecule has 0 fully saturated rings. The summed E-state index contributed by atoms with van der Waals surface area (Å²) in [4.78, 5) is 11.2. The summed E-state index contributed by atoms with van der Waals surface area (Å²) in [6, 6.07) is 6.58. The quantitative estimate of drug-likeness (QED) is 0.869. The topological polar surface area (TPSA) is 37.3 Å². The van der Waals surface area contributed by atoms with Gasteiger partial charge in [0, 0.05) is 0 Å². The number of fused-ring (bicyclic) bond motifs is 1. The van der Waals surface area contributed by atoms with Crippen molar-refractivity contribution in [2.24, 2.45) is 11.3 Å². The smallest absolute Gasteiger partial charge is 0.306 e. The maximum absolute atomic E-state index is 11.2. The third kappa shape index (κ3) is 2.08. The molecular formula is C15H20O2. The highest BCUT2D eigenvalue weighted by molar-refractivity contribution is 5.71.